The van der Waals surface area contributed by atoms with E-state index >= 15 is 19.2 Å². The third kappa shape index (κ3) is 8.83. The maximum atomic E-state index is 16.8. The van der Waals surface area contributed by atoms with Crippen molar-refractivity contribution in [2.75, 3.05) is 30.5 Å². The Morgan fingerprint density at radius 1 is 0.789 bits per heavy atom. The van der Waals surface area contributed by atoms with Crippen LogP contribution in [0.25, 0.3) is 10.2 Å². The first kappa shape index (κ1) is 49.0. The highest BCUT2D eigenvalue weighted by Gasteiger charge is 2.76. The average molecular weight is 1030 g/mol. The van der Waals surface area contributed by atoms with Gasteiger partial charge in [0.05, 0.1) is 52.5 Å². The number of carbonyl (C=O) groups excluding carboxylic acids is 4. The fourth-order valence-electron chi connectivity index (χ4n) is 10.8. The Kier molecular flexibility index (Phi) is 13.3. The van der Waals surface area contributed by atoms with Crippen molar-refractivity contribution < 1.29 is 48.2 Å². The number of aliphatic hydroxyl groups is 1. The molecule has 0 aliphatic carbocycles. The van der Waals surface area contributed by atoms with Crippen molar-refractivity contribution in [3.8, 4) is 23.3 Å². The molecule has 2 saturated heterocycles. The Balaban J connectivity index is 1.17. The molecule has 1 aromatic heterocycles. The number of para-hydroxylation sites is 1. The maximum Gasteiger partial charge on any atom is 0.421 e. The van der Waals surface area contributed by atoms with E-state index in [1.807, 2.05) is 83.8 Å². The summed E-state index contributed by atoms with van der Waals surface area (Å²) >= 11 is 1.21. The molecule has 16 nitrogen and oxygen atoms in total. The van der Waals surface area contributed by atoms with Gasteiger partial charge in [-0.3, -0.25) is 29.4 Å². The van der Waals surface area contributed by atoms with Gasteiger partial charge in [0.2, 0.25) is 11.8 Å². The summed E-state index contributed by atoms with van der Waals surface area (Å²) in [6.07, 6.45) is -2.11. The zero-order valence-electron chi connectivity index (χ0n) is 40.5. The van der Waals surface area contributed by atoms with Crippen molar-refractivity contribution in [1.82, 2.24) is 9.88 Å². The lowest BCUT2D eigenvalue weighted by Gasteiger charge is -2.46. The van der Waals surface area contributed by atoms with E-state index in [1.165, 1.54) is 35.6 Å². The van der Waals surface area contributed by atoms with E-state index in [2.05, 4.69) is 17.2 Å². The standard InChI is InChI=1S/C59H45N5O11S/c1-72-43-28-23-36(24-29-43)19-20-37-25-30-47-45(33-37)59(56(68)62(47)58(69)74-35-38-21-26-42(27-22-38)64(70)71)49(54(66)61-57-60-46-17-8-9-18-48(46)76-57)51-55(67)75-52(40-13-6-3-7-14-40)50(39-11-4-2-5-12-39)63(51)53(59)41-15-10-16-44(34-41)73-32-31-65/h2-18,21-30,33-34,49-53,65H,31-32,35H2,1H3,(H,60,61,66)/t49-,50-,51-,52+,53+,59-/m1/s1. The fourth-order valence-corrected chi connectivity index (χ4v) is 11.6. The van der Waals surface area contributed by atoms with E-state index in [0.29, 0.717) is 50.4 Å². The van der Waals surface area contributed by atoms with Crippen LogP contribution in [0, 0.1) is 27.9 Å². The first-order chi connectivity index (χ1) is 37.1. The molecule has 4 heterocycles. The van der Waals surface area contributed by atoms with Crippen LogP contribution in [0.2, 0.25) is 0 Å². The molecule has 3 aliphatic heterocycles. The maximum absolute atomic E-state index is 16.8. The summed E-state index contributed by atoms with van der Waals surface area (Å²) in [4.78, 5) is 81.9. The van der Waals surface area contributed by atoms with Gasteiger partial charge >= 0.3 is 12.1 Å². The number of hydrogen-bond donors (Lipinski definition) is 2. The number of nitro groups is 1. The number of rotatable bonds is 12. The number of fused-ring (bicyclic) bond motifs is 4. The lowest BCUT2D eigenvalue weighted by Crippen LogP contribution is -2.54. The molecule has 76 heavy (non-hydrogen) atoms. The van der Waals surface area contributed by atoms with Crippen molar-refractivity contribution in [2.45, 2.75) is 36.3 Å². The molecule has 3 amide bonds. The number of imide groups is 1. The van der Waals surface area contributed by atoms with E-state index in [9.17, 15) is 15.2 Å². The number of amides is 3. The predicted molar refractivity (Wildman–Crippen MR) is 281 cm³/mol. The number of hydrogen-bond acceptors (Lipinski definition) is 14. The third-order valence-electron chi connectivity index (χ3n) is 13.9. The molecule has 7 aromatic carbocycles. The molecule has 6 atom stereocenters. The summed E-state index contributed by atoms with van der Waals surface area (Å²) in [5.41, 5.74) is 1.70. The van der Waals surface area contributed by atoms with E-state index in [-0.39, 0.29) is 41.9 Å². The van der Waals surface area contributed by atoms with Gasteiger partial charge in [-0.2, -0.15) is 0 Å². The number of esters is 1. The number of ether oxygens (including phenoxy) is 4. The molecule has 0 radical (unpaired) electrons. The Morgan fingerprint density at radius 3 is 2.18 bits per heavy atom. The van der Waals surface area contributed by atoms with Gasteiger partial charge in [0.1, 0.15) is 42.3 Å². The third-order valence-corrected chi connectivity index (χ3v) is 14.9. The largest absolute Gasteiger partial charge is 0.497 e. The molecular formula is C59H45N5O11S. The van der Waals surface area contributed by atoms with Gasteiger partial charge in [-0.05, 0) is 107 Å². The SMILES string of the molecule is COc1ccc(C#Cc2ccc3c(c2)[C@]2(C(=O)N3C(=O)OCc3ccc([N+](=O)[O-])cc3)[C@H](c3cccc(OCCO)c3)N3[C@H](c4ccccc4)[C@H](c4ccccc4)OC(=O)[C@H]3[C@@H]2C(=O)Nc2nc3ccccc3s2)cc1. The van der Waals surface area contributed by atoms with Crippen LogP contribution in [0.15, 0.2) is 176 Å². The number of anilines is 2. The van der Waals surface area contributed by atoms with Crippen LogP contribution in [0.5, 0.6) is 11.5 Å². The molecule has 378 valence electrons. The topological polar surface area (TPSA) is 200 Å². The van der Waals surface area contributed by atoms with Crippen LogP contribution in [-0.4, -0.2) is 70.2 Å². The quantitative estimate of drug-likeness (QED) is 0.0508. The van der Waals surface area contributed by atoms with E-state index in [4.69, 9.17) is 23.9 Å². The number of aliphatic hydroxyl groups excluding tert-OH is 1. The minimum Gasteiger partial charge on any atom is -0.497 e. The summed E-state index contributed by atoms with van der Waals surface area (Å²) in [5, 5.41) is 24.6. The monoisotopic (exact) mass is 1030 g/mol. The second-order valence-electron chi connectivity index (χ2n) is 18.2. The molecule has 0 unspecified atom stereocenters. The smallest absolute Gasteiger partial charge is 0.421 e. The number of methoxy groups -OCH3 is 1. The van der Waals surface area contributed by atoms with Gasteiger partial charge in [0.15, 0.2) is 5.13 Å². The summed E-state index contributed by atoms with van der Waals surface area (Å²) in [5.74, 6) is 3.24. The minimum absolute atomic E-state index is 0.0632. The summed E-state index contributed by atoms with van der Waals surface area (Å²) in [7, 11) is 1.56. The van der Waals surface area contributed by atoms with Crippen LogP contribution in [0.3, 0.4) is 0 Å². The predicted octanol–water partition coefficient (Wildman–Crippen LogP) is 9.63. The first-order valence-electron chi connectivity index (χ1n) is 24.2. The van der Waals surface area contributed by atoms with Crippen LogP contribution in [-0.2, 0) is 35.9 Å². The number of morpholine rings is 1. The van der Waals surface area contributed by atoms with Gasteiger partial charge in [0, 0.05) is 23.3 Å². The summed E-state index contributed by atoms with van der Waals surface area (Å²) in [6, 6.07) is 46.6. The van der Waals surface area contributed by atoms with Crippen LogP contribution < -0.4 is 19.7 Å². The Hall–Kier alpha value is -9.21. The normalized spacial score (nSPS) is 20.5. The lowest BCUT2D eigenvalue weighted by molar-refractivity contribution is -0.384. The highest BCUT2D eigenvalue weighted by Crippen LogP contribution is 2.66. The Labute approximate surface area is 439 Å². The van der Waals surface area contributed by atoms with Gasteiger partial charge < -0.3 is 29.4 Å². The number of nitrogens with zero attached hydrogens (tertiary/aromatic N) is 4. The van der Waals surface area contributed by atoms with Gasteiger partial charge in [0.25, 0.3) is 5.69 Å². The zero-order chi connectivity index (χ0) is 52.5. The Morgan fingerprint density at radius 2 is 1.47 bits per heavy atom. The molecule has 17 heteroatoms. The van der Waals surface area contributed by atoms with Crippen LogP contribution in [0.4, 0.5) is 21.3 Å². The van der Waals surface area contributed by atoms with E-state index < -0.39 is 64.4 Å². The second kappa shape index (κ2) is 20.6. The zero-order valence-corrected chi connectivity index (χ0v) is 41.3. The first-order valence-corrected chi connectivity index (χ1v) is 25.0. The van der Waals surface area contributed by atoms with E-state index in [0.717, 1.165) is 9.60 Å². The number of cyclic esters (lactones) is 1. The van der Waals surface area contributed by atoms with Crippen molar-refractivity contribution in [3.05, 3.63) is 225 Å². The van der Waals surface area contributed by atoms with E-state index in [1.54, 1.807) is 79.9 Å². The van der Waals surface area contributed by atoms with Crippen LogP contribution >= 0.6 is 11.3 Å². The van der Waals surface area contributed by atoms with Gasteiger partial charge in [-0.15, -0.1) is 0 Å². The van der Waals surface area contributed by atoms with Crippen molar-refractivity contribution in [3.63, 3.8) is 0 Å². The highest BCUT2D eigenvalue weighted by molar-refractivity contribution is 7.22. The van der Waals surface area contributed by atoms with Gasteiger partial charge in [-0.1, -0.05) is 108 Å². The molecule has 0 bridgehead atoms. The number of nitrogens with one attached hydrogen (secondary N) is 1. The lowest BCUT2D eigenvalue weighted by atomic mass is 9.65. The molecule has 3 aliphatic rings. The summed E-state index contributed by atoms with van der Waals surface area (Å²) in [6.45, 7) is -0.761. The average Bonchev–Trinajstić information content (AvgIpc) is 3.84. The molecule has 1 spiro atoms. The van der Waals surface area contributed by atoms with Crippen molar-refractivity contribution in [1.29, 1.82) is 0 Å². The summed E-state index contributed by atoms with van der Waals surface area (Å²) < 4.78 is 24.7. The van der Waals surface area contributed by atoms with Crippen molar-refractivity contribution >= 4 is 61.9 Å². The highest BCUT2D eigenvalue weighted by atomic mass is 32.1. The fraction of sp³-hybridized carbons (Fsp3) is 0.169. The van der Waals surface area contributed by atoms with Gasteiger partial charge in [-0.25, -0.2) is 14.7 Å². The number of non-ortho nitro benzene ring substituents is 1. The van der Waals surface area contributed by atoms with Crippen LogP contribution in [0.1, 0.15) is 57.1 Å². The Bertz CT molecular complexity index is 3570. The number of nitro benzene ring substituents is 1. The molecule has 8 aromatic rings. The number of thiazole rings is 1. The number of benzene rings is 7. The molecule has 0 saturated carbocycles. The van der Waals surface area contributed by atoms with Crippen molar-refractivity contribution in [2.24, 2.45) is 5.92 Å². The molecule has 11 rings (SSSR count). The number of aromatic nitrogens is 1. The molecule has 2 N–H and O–H groups in total. The molecular weight excluding hydrogens is 987 g/mol. The molecule has 2 fully saturated rings. The number of carbonyl (C=O) groups is 4. The second-order valence-corrected chi connectivity index (χ2v) is 19.2. The minimum atomic E-state index is -2.20.